The van der Waals surface area contributed by atoms with Crippen LogP contribution in [0.15, 0.2) is 0 Å². The van der Waals surface area contributed by atoms with Crippen LogP contribution < -0.4 is 109 Å². The van der Waals surface area contributed by atoms with Crippen molar-refractivity contribution in [3.8, 4) is 0 Å². The Morgan fingerprint density at radius 3 is 1.84 bits per heavy atom. The van der Waals surface area contributed by atoms with Gasteiger partial charge in [0.25, 0.3) is 0 Å². The van der Waals surface area contributed by atoms with Gasteiger partial charge in [0.05, 0.1) is 18.2 Å². The number of carboxylic acids is 2. The van der Waals surface area contributed by atoms with E-state index in [1.165, 1.54) is 0 Å². The molecule has 0 aliphatic rings. The Morgan fingerprint density at radius 1 is 1.16 bits per heavy atom. The fourth-order valence-corrected chi connectivity index (χ4v) is 1.24. The van der Waals surface area contributed by atoms with Crippen molar-refractivity contribution in [1.82, 2.24) is 5.32 Å². The van der Waals surface area contributed by atoms with Crippen LogP contribution in [0.2, 0.25) is 0 Å². The van der Waals surface area contributed by atoms with Gasteiger partial charge in [-0.05, 0) is 0 Å². The van der Waals surface area contributed by atoms with Gasteiger partial charge in [0.1, 0.15) is 7.60 Å². The smallest absolute Gasteiger partial charge is 0.778 e. The molecule has 0 heterocycles. The monoisotopic (exact) mass is 321 g/mol. The Labute approximate surface area is 174 Å². The minimum absolute atomic E-state index is 0. The predicted octanol–water partition coefficient (Wildman–Crippen LogP) is -14.1. The van der Waals surface area contributed by atoms with Crippen molar-refractivity contribution in [3.05, 3.63) is 0 Å². The van der Waals surface area contributed by atoms with Crippen LogP contribution in [-0.2, 0) is 18.9 Å². The zero-order valence-corrected chi connectivity index (χ0v) is 17.6. The summed E-state index contributed by atoms with van der Waals surface area (Å²) in [4.78, 5) is 49.7. The van der Waals surface area contributed by atoms with E-state index in [9.17, 15) is 34.1 Å². The summed E-state index contributed by atoms with van der Waals surface area (Å²) in [7, 11) is -4.88. The molecule has 0 aromatic carbocycles. The van der Waals surface area contributed by atoms with E-state index in [1.807, 2.05) is 0 Å². The van der Waals surface area contributed by atoms with Crippen molar-refractivity contribution in [3.63, 3.8) is 0 Å². The molecule has 0 saturated carbocycles. The zero-order valence-electron chi connectivity index (χ0n) is 10.7. The van der Waals surface area contributed by atoms with Crippen molar-refractivity contribution in [2.24, 2.45) is 0 Å². The van der Waals surface area contributed by atoms with E-state index in [4.69, 9.17) is 4.89 Å². The fourth-order valence-electron chi connectivity index (χ4n) is 0.781. The number of carboxylic acid groups (broad SMARTS) is 2. The number of hydrogen-bond donors (Lipinski definition) is 2. The molecule has 0 bridgehead atoms. The van der Waals surface area contributed by atoms with E-state index in [1.54, 1.807) is 5.32 Å². The first kappa shape index (κ1) is 28.7. The zero-order chi connectivity index (χ0) is 12.9. The summed E-state index contributed by atoms with van der Waals surface area (Å²) >= 11 is 0. The van der Waals surface area contributed by atoms with Gasteiger partial charge in [-0.15, -0.1) is 0 Å². The second kappa shape index (κ2) is 13.2. The van der Waals surface area contributed by atoms with Crippen LogP contribution in [0, 0.1) is 0 Å². The average Bonchev–Trinajstić information content (AvgIpc) is 1.97. The van der Waals surface area contributed by atoms with E-state index in [2.05, 4.69) is 0 Å². The fraction of sp³-hybridized carbons (Fsp3) is 0.500. The number of amides is 1. The molecule has 0 aliphatic heterocycles. The first-order valence-corrected chi connectivity index (χ1v) is 5.61. The summed E-state index contributed by atoms with van der Waals surface area (Å²) in [5, 5.41) is 21.9. The van der Waals surface area contributed by atoms with Crippen LogP contribution in [0.5, 0.6) is 0 Å². The molecule has 1 amide bonds. The third-order valence-electron chi connectivity index (χ3n) is 1.33. The second-order valence-electron chi connectivity index (χ2n) is 2.81. The molecule has 19 heavy (non-hydrogen) atoms. The van der Waals surface area contributed by atoms with E-state index in [0.29, 0.717) is 0 Å². The standard InChI is InChI=1S/C6H10NO8P.3Na/c8-4(2-16(13,14)15)7-3(6(11)12)1-5(9)10;;;/h3H,1-2H2,(H,7,8)(H,9,10)(H,11,12)(H2,13,14,15);;;/q;3*+1/p-3. The Morgan fingerprint density at radius 2 is 1.58 bits per heavy atom. The van der Waals surface area contributed by atoms with Crippen molar-refractivity contribution in [2.45, 2.75) is 12.5 Å². The number of rotatable bonds is 6. The third kappa shape index (κ3) is 17.5. The SMILES string of the molecule is O=C([O-])CC(NC(=O)CP(=O)([O-])O)C(=O)[O-].[Na+].[Na+].[Na+]. The Kier molecular flexibility index (Phi) is 20.0. The molecule has 92 valence electrons. The second-order valence-corrected chi connectivity index (χ2v) is 4.40. The van der Waals surface area contributed by atoms with Gasteiger partial charge in [-0.25, -0.2) is 0 Å². The molecule has 0 aromatic heterocycles. The predicted molar refractivity (Wildman–Crippen MR) is 41.3 cm³/mol. The minimum atomic E-state index is -4.88. The minimum Gasteiger partial charge on any atom is -0.778 e. The molecule has 2 atom stereocenters. The quantitative estimate of drug-likeness (QED) is 0.359. The summed E-state index contributed by atoms with van der Waals surface area (Å²) < 4.78 is 10.2. The Balaban J connectivity index is -0.000000375. The summed E-state index contributed by atoms with van der Waals surface area (Å²) in [5.74, 6) is -5.02. The van der Waals surface area contributed by atoms with Crippen LogP contribution in [0.4, 0.5) is 0 Å². The van der Waals surface area contributed by atoms with Gasteiger partial charge in [0.15, 0.2) is 0 Å². The van der Waals surface area contributed by atoms with Crippen LogP contribution in [0.25, 0.3) is 0 Å². The molecule has 0 radical (unpaired) electrons. The molecule has 2 N–H and O–H groups in total. The molecule has 0 aromatic rings. The topological polar surface area (TPSA) is 170 Å². The number of nitrogens with one attached hydrogen (secondary N) is 1. The maximum atomic E-state index is 10.8. The molecule has 0 rings (SSSR count). The third-order valence-corrected chi connectivity index (χ3v) is 2.02. The number of carbonyl (C=O) groups excluding carboxylic acids is 3. The van der Waals surface area contributed by atoms with Gasteiger partial charge in [0.2, 0.25) is 5.91 Å². The van der Waals surface area contributed by atoms with E-state index in [-0.39, 0.29) is 88.7 Å². The number of hydrogen-bond acceptors (Lipinski definition) is 7. The average molecular weight is 321 g/mol. The molecule has 0 fully saturated rings. The normalized spacial score (nSPS) is 13.4. The largest absolute Gasteiger partial charge is 1.00 e. The maximum absolute atomic E-state index is 10.8. The summed E-state index contributed by atoms with van der Waals surface area (Å²) in [6.07, 6.45) is -2.41. The molecule has 2 unspecified atom stereocenters. The van der Waals surface area contributed by atoms with Crippen LogP contribution >= 0.6 is 7.60 Å². The van der Waals surface area contributed by atoms with E-state index in [0.717, 1.165) is 0 Å². The molecule has 0 saturated heterocycles. The van der Waals surface area contributed by atoms with E-state index < -0.39 is 44.1 Å². The molecular formula is C6H7NNa3O8P. The first-order chi connectivity index (χ1) is 7.11. The molecular weight excluding hydrogens is 314 g/mol. The molecule has 13 heteroatoms. The Bertz CT molecular complexity index is 358. The Hall–Kier alpha value is 1.56. The molecule has 0 aliphatic carbocycles. The number of carbonyl (C=O) groups is 3. The van der Waals surface area contributed by atoms with Gasteiger partial charge in [-0.1, -0.05) is 0 Å². The van der Waals surface area contributed by atoms with E-state index >= 15 is 0 Å². The van der Waals surface area contributed by atoms with Crippen molar-refractivity contribution in [2.75, 3.05) is 6.16 Å². The van der Waals surface area contributed by atoms with Crippen molar-refractivity contribution in [1.29, 1.82) is 0 Å². The summed E-state index contributed by atoms with van der Waals surface area (Å²) in [5.41, 5.74) is 0. The van der Waals surface area contributed by atoms with Crippen LogP contribution in [0.1, 0.15) is 6.42 Å². The number of aliphatic carboxylic acids is 2. The van der Waals surface area contributed by atoms with Crippen LogP contribution in [0.3, 0.4) is 0 Å². The van der Waals surface area contributed by atoms with Gasteiger partial charge in [-0.3, -0.25) is 4.79 Å². The van der Waals surface area contributed by atoms with Gasteiger partial charge in [-0.2, -0.15) is 0 Å². The van der Waals surface area contributed by atoms with Crippen LogP contribution in [-0.4, -0.2) is 34.9 Å². The first-order valence-electron chi connectivity index (χ1n) is 3.84. The van der Waals surface area contributed by atoms with Gasteiger partial charge in [0, 0.05) is 12.4 Å². The maximum Gasteiger partial charge on any atom is 1.00 e. The molecule has 0 spiro atoms. The van der Waals surface area contributed by atoms with Gasteiger partial charge < -0.3 is 39.5 Å². The van der Waals surface area contributed by atoms with Crippen molar-refractivity contribution < 1.29 is 128 Å². The molecule has 9 nitrogen and oxygen atoms in total. The summed E-state index contributed by atoms with van der Waals surface area (Å²) in [6.45, 7) is 0. The summed E-state index contributed by atoms with van der Waals surface area (Å²) in [6, 6.07) is -1.91. The van der Waals surface area contributed by atoms with Gasteiger partial charge >= 0.3 is 88.7 Å². The van der Waals surface area contributed by atoms with Crippen molar-refractivity contribution >= 4 is 25.4 Å².